The highest BCUT2D eigenvalue weighted by Gasteiger charge is 2.21. The molecule has 1 saturated carbocycles. The molecule has 1 aromatic heterocycles. The summed E-state index contributed by atoms with van der Waals surface area (Å²) in [5.74, 6) is 1.23. The van der Waals surface area contributed by atoms with Crippen LogP contribution in [0.15, 0.2) is 23.0 Å². The Morgan fingerprint density at radius 1 is 1.18 bits per heavy atom. The van der Waals surface area contributed by atoms with Gasteiger partial charge in [0.15, 0.2) is 11.5 Å². The quantitative estimate of drug-likeness (QED) is 0.729. The number of amides is 2. The number of pyridine rings is 1. The third-order valence-electron chi connectivity index (χ3n) is 5.37. The molecule has 4 rings (SSSR count). The maximum atomic E-state index is 12.7. The topological polar surface area (TPSA) is 104 Å². The number of aromatic nitrogens is 1. The highest BCUT2D eigenvalue weighted by molar-refractivity contribution is 5.83. The normalized spacial score (nSPS) is 16.3. The van der Waals surface area contributed by atoms with Crippen LogP contribution in [0.25, 0.3) is 10.9 Å². The Labute approximate surface area is 162 Å². The zero-order valence-electron chi connectivity index (χ0n) is 15.7. The minimum Gasteiger partial charge on any atom is -0.454 e. The number of benzene rings is 1. The second kappa shape index (κ2) is 8.10. The van der Waals surface area contributed by atoms with Crippen LogP contribution in [0.2, 0.25) is 0 Å². The zero-order chi connectivity index (χ0) is 19.5. The zero-order valence-corrected chi connectivity index (χ0v) is 15.7. The van der Waals surface area contributed by atoms with Crippen molar-refractivity contribution < 1.29 is 19.4 Å². The van der Waals surface area contributed by atoms with E-state index in [1.807, 2.05) is 6.07 Å². The number of aromatic amines is 1. The van der Waals surface area contributed by atoms with Gasteiger partial charge in [0, 0.05) is 29.6 Å². The number of H-pyrrole nitrogens is 1. The molecule has 0 bridgehead atoms. The summed E-state index contributed by atoms with van der Waals surface area (Å²) in [4.78, 5) is 29.6. The molecular formula is C20H25N3O5. The van der Waals surface area contributed by atoms with Gasteiger partial charge in [-0.05, 0) is 25.0 Å². The number of hydrogen-bond acceptors (Lipinski definition) is 5. The van der Waals surface area contributed by atoms with E-state index in [-0.39, 0.29) is 44.1 Å². The number of nitrogens with one attached hydrogen (secondary N) is 2. The minimum atomic E-state index is -0.264. The van der Waals surface area contributed by atoms with Crippen molar-refractivity contribution in [3.8, 4) is 11.5 Å². The molecule has 28 heavy (non-hydrogen) atoms. The third-order valence-corrected chi connectivity index (χ3v) is 5.37. The monoisotopic (exact) mass is 387 g/mol. The Hall–Kier alpha value is -2.74. The molecule has 150 valence electrons. The first-order chi connectivity index (χ1) is 13.6. The van der Waals surface area contributed by atoms with E-state index in [4.69, 9.17) is 9.47 Å². The van der Waals surface area contributed by atoms with E-state index in [0.717, 1.165) is 31.1 Å². The van der Waals surface area contributed by atoms with Crippen LogP contribution in [0.5, 0.6) is 11.5 Å². The van der Waals surface area contributed by atoms with E-state index >= 15 is 0 Å². The van der Waals surface area contributed by atoms with Gasteiger partial charge in [0.05, 0.1) is 18.7 Å². The predicted octanol–water partition coefficient (Wildman–Crippen LogP) is 2.09. The highest BCUT2D eigenvalue weighted by Crippen LogP contribution is 2.35. The Morgan fingerprint density at radius 2 is 1.93 bits per heavy atom. The van der Waals surface area contributed by atoms with E-state index < -0.39 is 0 Å². The number of aliphatic hydroxyl groups is 1. The van der Waals surface area contributed by atoms with Gasteiger partial charge < -0.3 is 29.8 Å². The van der Waals surface area contributed by atoms with Crippen molar-refractivity contribution in [3.63, 3.8) is 0 Å². The van der Waals surface area contributed by atoms with E-state index in [9.17, 15) is 14.7 Å². The number of hydrogen-bond donors (Lipinski definition) is 3. The molecule has 0 radical (unpaired) electrons. The molecule has 0 unspecified atom stereocenters. The molecule has 0 saturated heterocycles. The largest absolute Gasteiger partial charge is 0.454 e. The highest BCUT2D eigenvalue weighted by atomic mass is 16.7. The molecule has 8 nitrogen and oxygen atoms in total. The number of urea groups is 1. The lowest BCUT2D eigenvalue weighted by atomic mass is 9.96. The van der Waals surface area contributed by atoms with Crippen molar-refractivity contribution in [2.45, 2.75) is 44.7 Å². The van der Waals surface area contributed by atoms with Crippen molar-refractivity contribution in [3.05, 3.63) is 34.1 Å². The summed E-state index contributed by atoms with van der Waals surface area (Å²) >= 11 is 0. The average molecular weight is 387 g/mol. The average Bonchev–Trinajstić information content (AvgIpc) is 3.14. The van der Waals surface area contributed by atoms with Crippen LogP contribution in [0.3, 0.4) is 0 Å². The number of nitrogens with zero attached hydrogens (tertiary/aromatic N) is 1. The summed E-state index contributed by atoms with van der Waals surface area (Å²) in [6, 6.07) is 5.23. The second-order valence-corrected chi connectivity index (χ2v) is 7.35. The fraction of sp³-hybridized carbons (Fsp3) is 0.500. The molecule has 2 aliphatic rings. The van der Waals surface area contributed by atoms with Crippen molar-refractivity contribution >= 4 is 16.9 Å². The van der Waals surface area contributed by atoms with Crippen LogP contribution < -0.4 is 20.3 Å². The molecule has 8 heteroatoms. The van der Waals surface area contributed by atoms with E-state index in [0.29, 0.717) is 22.6 Å². The first-order valence-corrected chi connectivity index (χ1v) is 9.76. The predicted molar refractivity (Wildman–Crippen MR) is 104 cm³/mol. The summed E-state index contributed by atoms with van der Waals surface area (Å²) in [6.45, 7) is 0.284. The summed E-state index contributed by atoms with van der Waals surface area (Å²) in [6.07, 6.45) is 5.39. The van der Waals surface area contributed by atoms with Gasteiger partial charge in [0.25, 0.3) is 5.56 Å². The van der Waals surface area contributed by atoms with Crippen molar-refractivity contribution in [1.82, 2.24) is 15.2 Å². The third kappa shape index (κ3) is 3.91. The van der Waals surface area contributed by atoms with Gasteiger partial charge >= 0.3 is 6.03 Å². The fourth-order valence-electron chi connectivity index (χ4n) is 3.85. The van der Waals surface area contributed by atoms with Crippen LogP contribution in [0.4, 0.5) is 4.79 Å². The first-order valence-electron chi connectivity index (χ1n) is 9.76. The van der Waals surface area contributed by atoms with E-state index in [1.54, 1.807) is 12.1 Å². The van der Waals surface area contributed by atoms with Crippen molar-refractivity contribution in [2.75, 3.05) is 19.9 Å². The molecule has 0 atom stereocenters. The number of carbonyl (C=O) groups excluding carboxylic acids is 1. The van der Waals surface area contributed by atoms with Gasteiger partial charge in [-0.1, -0.05) is 19.3 Å². The van der Waals surface area contributed by atoms with Gasteiger partial charge in [-0.3, -0.25) is 4.79 Å². The summed E-state index contributed by atoms with van der Waals surface area (Å²) in [7, 11) is 0. The Balaban J connectivity index is 1.54. The molecule has 2 amide bonds. The van der Waals surface area contributed by atoms with Gasteiger partial charge in [-0.15, -0.1) is 0 Å². The number of ether oxygens (including phenoxy) is 2. The number of aliphatic hydroxyl groups excluding tert-OH is 1. The van der Waals surface area contributed by atoms with E-state index in [2.05, 4.69) is 10.3 Å². The Kier molecular flexibility index (Phi) is 5.38. The molecular weight excluding hydrogens is 362 g/mol. The van der Waals surface area contributed by atoms with Gasteiger partial charge in [0.2, 0.25) is 6.79 Å². The van der Waals surface area contributed by atoms with Crippen LogP contribution in [0.1, 0.15) is 37.7 Å². The van der Waals surface area contributed by atoms with Gasteiger partial charge in [0.1, 0.15) is 0 Å². The second-order valence-electron chi connectivity index (χ2n) is 7.35. The van der Waals surface area contributed by atoms with Crippen LogP contribution in [-0.4, -0.2) is 47.0 Å². The Bertz CT molecular complexity index is 920. The summed E-state index contributed by atoms with van der Waals surface area (Å²) < 4.78 is 10.7. The van der Waals surface area contributed by atoms with Crippen molar-refractivity contribution in [2.24, 2.45) is 0 Å². The molecule has 2 aromatic rings. The van der Waals surface area contributed by atoms with Gasteiger partial charge in [-0.2, -0.15) is 0 Å². The minimum absolute atomic E-state index is 0.124. The van der Waals surface area contributed by atoms with Gasteiger partial charge in [-0.25, -0.2) is 4.79 Å². The standard InChI is InChI=1S/C20H25N3O5/c24-7-6-23(20(26)21-15-4-2-1-3-5-15)11-14-8-13-9-17-18(28-12-27-17)10-16(13)22-19(14)25/h8-10,15,24H,1-7,11-12H2,(H,21,26)(H,22,25). The molecule has 1 aliphatic carbocycles. The SMILES string of the molecule is O=C(NC1CCCCC1)N(CCO)Cc1cc2cc3c(cc2[nH]c1=O)OCO3. The molecule has 1 aliphatic heterocycles. The molecule has 0 spiro atoms. The van der Waals surface area contributed by atoms with Crippen molar-refractivity contribution in [1.29, 1.82) is 0 Å². The van der Waals surface area contributed by atoms with E-state index in [1.165, 1.54) is 11.3 Å². The number of rotatable bonds is 5. The molecule has 3 N–H and O–H groups in total. The Morgan fingerprint density at radius 3 is 2.68 bits per heavy atom. The summed E-state index contributed by atoms with van der Waals surface area (Å²) in [5, 5.41) is 13.2. The first kappa shape index (κ1) is 18.6. The lowest BCUT2D eigenvalue weighted by Crippen LogP contribution is -2.46. The molecule has 1 aromatic carbocycles. The fourth-order valence-corrected chi connectivity index (χ4v) is 3.85. The van der Waals surface area contributed by atoms with Crippen LogP contribution >= 0.6 is 0 Å². The number of carbonyl (C=O) groups is 1. The maximum Gasteiger partial charge on any atom is 0.317 e. The molecule has 2 heterocycles. The smallest absolute Gasteiger partial charge is 0.317 e. The number of fused-ring (bicyclic) bond motifs is 2. The lowest BCUT2D eigenvalue weighted by molar-refractivity contribution is 0.168. The van der Waals surface area contributed by atoms with Crippen LogP contribution in [0, 0.1) is 0 Å². The maximum absolute atomic E-state index is 12.7. The lowest BCUT2D eigenvalue weighted by Gasteiger charge is -2.28. The van der Waals surface area contributed by atoms with Crippen LogP contribution in [-0.2, 0) is 6.54 Å². The molecule has 1 fully saturated rings. The summed E-state index contributed by atoms with van der Waals surface area (Å²) in [5.41, 5.74) is 0.844.